The van der Waals surface area contributed by atoms with E-state index in [0.717, 1.165) is 35.0 Å². The van der Waals surface area contributed by atoms with E-state index in [1.807, 2.05) is 73.5 Å². The average Bonchev–Trinajstić information content (AvgIpc) is 3.32. The third kappa shape index (κ3) is 10.1. The average molecular weight is 919 g/mol. The first-order valence-electron chi connectivity index (χ1n) is 21.7. The number of carbonyl (C=O) groups excluding carboxylic acids is 3. The van der Waals surface area contributed by atoms with Crippen LogP contribution in [0.15, 0.2) is 119 Å². The number of nitrogens with zero attached hydrogens (tertiary/aromatic N) is 4. The number of hydrogen-bond acceptors (Lipinski definition) is 10. The van der Waals surface area contributed by atoms with E-state index >= 15 is 0 Å². The van der Waals surface area contributed by atoms with Gasteiger partial charge in [-0.05, 0) is 110 Å². The first-order chi connectivity index (χ1) is 32.5. The van der Waals surface area contributed by atoms with Gasteiger partial charge in [-0.1, -0.05) is 38.1 Å². The van der Waals surface area contributed by atoms with E-state index in [1.54, 1.807) is 32.0 Å². The molecule has 0 unspecified atom stereocenters. The molecule has 4 N–H and O–H groups in total. The van der Waals surface area contributed by atoms with E-state index in [-0.39, 0.29) is 75.2 Å². The number of Topliss-reactive ketones (excluding diaryl/α,β-unsaturated/α-hetero) is 2. The SMILES string of the molecule is CCc1ccc2c(c1)c(=O)c(C(=O)Cc1ccc(Oc3ccnc(C(N)=O)c3)c(F)c1)c(C)n2C.CCc1ccc2c(c1)c(=O)c(C(=O)Cc1ccc(Oc3ccnc(N)c3)c(F)c1)c(C)n2C. The van der Waals surface area contributed by atoms with Crippen molar-refractivity contribution < 1.29 is 32.6 Å². The highest BCUT2D eigenvalue weighted by molar-refractivity contribution is 6.02. The monoisotopic (exact) mass is 918 g/mol. The summed E-state index contributed by atoms with van der Waals surface area (Å²) in [6.45, 7) is 7.49. The van der Waals surface area contributed by atoms with Crippen molar-refractivity contribution in [3.05, 3.63) is 192 Å². The Bertz CT molecular complexity index is 3440. The van der Waals surface area contributed by atoms with Crippen molar-refractivity contribution in [1.82, 2.24) is 19.1 Å². The van der Waals surface area contributed by atoms with E-state index in [4.69, 9.17) is 20.9 Å². The molecule has 0 fully saturated rings. The topological polar surface area (TPSA) is 191 Å². The number of hydrogen-bond donors (Lipinski definition) is 2. The molecule has 346 valence electrons. The number of amides is 1. The summed E-state index contributed by atoms with van der Waals surface area (Å²) in [7, 11) is 3.64. The van der Waals surface area contributed by atoms with Crippen molar-refractivity contribution in [2.45, 2.75) is 53.4 Å². The number of primary amides is 1. The van der Waals surface area contributed by atoms with Gasteiger partial charge >= 0.3 is 0 Å². The van der Waals surface area contributed by atoms with Crippen molar-refractivity contribution in [1.29, 1.82) is 0 Å². The summed E-state index contributed by atoms with van der Waals surface area (Å²) in [6.07, 6.45) is 4.10. The lowest BCUT2D eigenvalue weighted by atomic mass is 9.98. The quantitative estimate of drug-likeness (QED) is 0.106. The van der Waals surface area contributed by atoms with Crippen LogP contribution < -0.4 is 31.8 Å². The highest BCUT2D eigenvalue weighted by atomic mass is 19.1. The zero-order valence-corrected chi connectivity index (χ0v) is 38.3. The smallest absolute Gasteiger partial charge is 0.267 e. The van der Waals surface area contributed by atoms with Gasteiger partial charge in [0.25, 0.3) is 5.91 Å². The minimum atomic E-state index is -0.731. The second kappa shape index (κ2) is 20.0. The second-order valence-corrected chi connectivity index (χ2v) is 16.2. The number of ether oxygens (including phenoxy) is 2. The molecule has 8 aromatic rings. The van der Waals surface area contributed by atoms with E-state index < -0.39 is 17.5 Å². The summed E-state index contributed by atoms with van der Waals surface area (Å²) in [5.41, 5.74) is 16.0. The van der Waals surface area contributed by atoms with Gasteiger partial charge in [-0.25, -0.2) is 13.8 Å². The van der Waals surface area contributed by atoms with Crippen LogP contribution in [0.2, 0.25) is 0 Å². The Labute approximate surface area is 389 Å². The molecule has 0 saturated carbocycles. The Morgan fingerprint density at radius 2 is 1.01 bits per heavy atom. The molecule has 0 atom stereocenters. The molecule has 0 bridgehead atoms. The number of nitrogens with two attached hydrogens (primary N) is 2. The van der Waals surface area contributed by atoms with Gasteiger partial charge in [-0.2, -0.15) is 0 Å². The molecule has 8 rings (SSSR count). The summed E-state index contributed by atoms with van der Waals surface area (Å²) < 4.78 is 44.1. The van der Waals surface area contributed by atoms with Crippen LogP contribution >= 0.6 is 0 Å². The van der Waals surface area contributed by atoms with Crippen molar-refractivity contribution in [2.75, 3.05) is 5.73 Å². The summed E-state index contributed by atoms with van der Waals surface area (Å²) in [6, 6.07) is 25.7. The molecule has 0 aliphatic carbocycles. The largest absolute Gasteiger partial charge is 0.454 e. The number of ketones is 2. The van der Waals surface area contributed by atoms with Crippen molar-refractivity contribution in [3.63, 3.8) is 0 Å². The fraction of sp³-hybridized carbons (Fsp3) is 0.189. The molecule has 0 spiro atoms. The fourth-order valence-electron chi connectivity index (χ4n) is 7.88. The minimum absolute atomic E-state index is 0.00157. The van der Waals surface area contributed by atoms with Crippen LogP contribution in [0.5, 0.6) is 23.0 Å². The van der Waals surface area contributed by atoms with Gasteiger partial charge in [0.1, 0.15) is 23.0 Å². The number of halogens is 2. The molecule has 4 aromatic heterocycles. The number of aromatic nitrogens is 4. The van der Waals surface area contributed by atoms with E-state index in [9.17, 15) is 32.8 Å². The Kier molecular flexibility index (Phi) is 14.0. The Balaban J connectivity index is 0.000000202. The molecule has 68 heavy (non-hydrogen) atoms. The normalized spacial score (nSPS) is 11.0. The van der Waals surface area contributed by atoms with Crippen LogP contribution in [0.4, 0.5) is 14.6 Å². The van der Waals surface area contributed by atoms with Crippen molar-refractivity contribution in [3.8, 4) is 23.0 Å². The molecule has 0 aliphatic heterocycles. The van der Waals surface area contributed by atoms with Gasteiger partial charge in [0, 0.05) is 73.6 Å². The first-order valence-corrected chi connectivity index (χ1v) is 21.7. The van der Waals surface area contributed by atoms with Crippen molar-refractivity contribution in [2.24, 2.45) is 19.8 Å². The van der Waals surface area contributed by atoms with E-state index in [0.29, 0.717) is 39.0 Å². The maximum atomic E-state index is 14.8. The molecule has 13 nitrogen and oxygen atoms in total. The van der Waals surface area contributed by atoms with Gasteiger partial charge in [0.05, 0.1) is 22.2 Å². The number of benzene rings is 4. The number of nitrogen functional groups attached to an aromatic ring is 1. The molecule has 0 radical (unpaired) electrons. The van der Waals surface area contributed by atoms with Gasteiger partial charge in [-0.15, -0.1) is 0 Å². The third-order valence-electron chi connectivity index (χ3n) is 11.8. The summed E-state index contributed by atoms with van der Waals surface area (Å²) in [4.78, 5) is 71.7. The second-order valence-electron chi connectivity index (χ2n) is 16.2. The molecule has 4 heterocycles. The van der Waals surface area contributed by atoms with Gasteiger partial charge < -0.3 is 30.1 Å². The van der Waals surface area contributed by atoms with Crippen LogP contribution in [0.3, 0.4) is 0 Å². The lowest BCUT2D eigenvalue weighted by Gasteiger charge is -2.15. The van der Waals surface area contributed by atoms with Crippen molar-refractivity contribution >= 4 is 45.1 Å². The lowest BCUT2D eigenvalue weighted by molar-refractivity contribution is 0.0982. The number of carbonyl (C=O) groups is 3. The number of pyridine rings is 4. The maximum absolute atomic E-state index is 14.8. The zero-order valence-electron chi connectivity index (χ0n) is 38.3. The minimum Gasteiger partial charge on any atom is -0.454 e. The predicted molar refractivity (Wildman–Crippen MR) is 257 cm³/mol. The van der Waals surface area contributed by atoms with Crippen LogP contribution in [0.1, 0.15) is 78.7 Å². The fourth-order valence-corrected chi connectivity index (χ4v) is 7.88. The van der Waals surface area contributed by atoms with Crippen LogP contribution in [0.25, 0.3) is 21.8 Å². The third-order valence-corrected chi connectivity index (χ3v) is 11.8. The van der Waals surface area contributed by atoms with Gasteiger partial charge in [0.15, 0.2) is 45.6 Å². The number of rotatable bonds is 13. The molecule has 15 heteroatoms. The molecular weight excluding hydrogens is 871 g/mol. The zero-order chi connectivity index (χ0) is 49.0. The maximum Gasteiger partial charge on any atom is 0.267 e. The highest BCUT2D eigenvalue weighted by Crippen LogP contribution is 2.28. The number of anilines is 1. The molecule has 0 aliphatic rings. The Morgan fingerprint density at radius 3 is 1.43 bits per heavy atom. The predicted octanol–water partition coefficient (Wildman–Crippen LogP) is 9.00. The number of aryl methyl sites for hydroxylation is 4. The number of fused-ring (bicyclic) bond motifs is 2. The lowest BCUT2D eigenvalue weighted by Crippen LogP contribution is -2.23. The summed E-state index contributed by atoms with van der Waals surface area (Å²) >= 11 is 0. The summed E-state index contributed by atoms with van der Waals surface area (Å²) in [5, 5.41) is 1.00. The van der Waals surface area contributed by atoms with Crippen LogP contribution in [-0.2, 0) is 39.8 Å². The molecule has 1 amide bonds. The highest BCUT2D eigenvalue weighted by Gasteiger charge is 2.22. The first kappa shape index (κ1) is 47.6. The van der Waals surface area contributed by atoms with E-state index in [2.05, 4.69) is 9.97 Å². The van der Waals surface area contributed by atoms with Crippen LogP contribution in [-0.4, -0.2) is 36.6 Å². The summed E-state index contributed by atoms with van der Waals surface area (Å²) in [5.74, 6) is -2.07. The molecule has 0 saturated heterocycles. The Morgan fingerprint density at radius 1 is 0.588 bits per heavy atom. The standard InChI is InChI=1S/C27H24FN3O4.C26H24FN3O3/c1-4-16-5-7-22-19(11-16)26(33)25(15(2)31(22)3)23(32)13-17-6-8-24(20(28)12-17)35-18-9-10-30-21(14-18)27(29)34;1-4-16-5-7-21-19(11-16)26(32)25(15(2)30(21)3)22(31)13-17-6-8-23(20(27)12-17)33-18-9-10-29-24(28)14-18/h5-12,14H,4,13H2,1-3H3,(H2,29,34);5-12,14H,4,13H2,1-3H3,(H2,28,29). The van der Waals surface area contributed by atoms with Gasteiger partial charge in [0.2, 0.25) is 0 Å². The van der Waals surface area contributed by atoms with E-state index in [1.165, 1.54) is 54.9 Å². The molecule has 4 aromatic carbocycles. The Hall–Kier alpha value is -8.33. The van der Waals surface area contributed by atoms with Crippen LogP contribution in [0, 0.1) is 25.5 Å². The molecular formula is C53H48F2N6O7. The van der Waals surface area contributed by atoms with Gasteiger partial charge in [-0.3, -0.25) is 29.0 Å².